The van der Waals surface area contributed by atoms with Gasteiger partial charge in [-0.1, -0.05) is 18.2 Å². The Kier molecular flexibility index (Phi) is 6.84. The van der Waals surface area contributed by atoms with E-state index in [1.54, 1.807) is 24.3 Å². The van der Waals surface area contributed by atoms with Crippen LogP contribution in [-0.2, 0) is 6.61 Å². The molecule has 0 radical (unpaired) electrons. The number of fused-ring (bicyclic) bond motifs is 1. The van der Waals surface area contributed by atoms with E-state index in [0.717, 1.165) is 14.7 Å². The van der Waals surface area contributed by atoms with Crippen LogP contribution in [-0.4, -0.2) is 17.0 Å². The normalized spacial score (nSPS) is 10.8. The van der Waals surface area contributed by atoms with Crippen molar-refractivity contribution in [2.24, 2.45) is 5.10 Å². The number of nitriles is 1. The molecule has 1 amide bonds. The van der Waals surface area contributed by atoms with Gasteiger partial charge in [-0.25, -0.2) is 5.43 Å². The molecule has 10 heteroatoms. The van der Waals surface area contributed by atoms with E-state index < -0.39 is 10.8 Å². The number of nitrogens with one attached hydrogen (secondary N) is 1. The van der Waals surface area contributed by atoms with Gasteiger partial charge in [0.05, 0.1) is 26.3 Å². The fourth-order valence-corrected chi connectivity index (χ4v) is 3.80. The number of non-ortho nitro benzene ring substituents is 1. The lowest BCUT2D eigenvalue weighted by Crippen LogP contribution is -2.16. The highest BCUT2D eigenvalue weighted by Gasteiger charge is 2.14. The number of hydrazone groups is 1. The number of ether oxygens (including phenoxy) is 1. The van der Waals surface area contributed by atoms with Crippen LogP contribution >= 0.6 is 22.6 Å². The second-order valence-electron chi connectivity index (χ2n) is 7.04. The molecule has 1 heterocycles. The third kappa shape index (κ3) is 5.21. The number of nitro groups is 1. The molecule has 0 aliphatic carbocycles. The average Bonchev–Trinajstić information content (AvgIpc) is 3.27. The fourth-order valence-electron chi connectivity index (χ4n) is 3.10. The molecule has 3 aromatic carbocycles. The number of hydrogen-bond donors (Lipinski definition) is 1. The molecule has 0 spiro atoms. The lowest BCUT2D eigenvalue weighted by Gasteiger charge is -2.10. The van der Waals surface area contributed by atoms with Crippen molar-refractivity contribution in [3.63, 3.8) is 0 Å². The minimum atomic E-state index is -0.582. The molecule has 4 rings (SSSR count). The Bertz CT molecular complexity index is 1470. The maximum atomic E-state index is 12.3. The van der Waals surface area contributed by atoms with Crippen molar-refractivity contribution in [2.45, 2.75) is 6.61 Å². The van der Waals surface area contributed by atoms with E-state index in [1.165, 1.54) is 30.5 Å². The minimum absolute atomic E-state index is 0.0105. The molecule has 0 aliphatic rings. The lowest BCUT2D eigenvalue weighted by atomic mass is 10.1. The van der Waals surface area contributed by atoms with E-state index in [1.807, 2.05) is 18.2 Å². The summed E-state index contributed by atoms with van der Waals surface area (Å²) in [6.45, 7) is 0.268. The molecular formula is C24H15IN4O5. The SMILES string of the molecule is N#Cc1ccccc1COc1ccc(/C=N\NC(=O)c2cc3cc([N+](=O)[O-])ccc3o2)cc1I. The highest BCUT2D eigenvalue weighted by molar-refractivity contribution is 14.1. The minimum Gasteiger partial charge on any atom is -0.488 e. The summed E-state index contributed by atoms with van der Waals surface area (Å²) in [7, 11) is 0. The number of nitrogens with zero attached hydrogens (tertiary/aromatic N) is 3. The number of rotatable bonds is 7. The summed E-state index contributed by atoms with van der Waals surface area (Å²) < 4.78 is 12.1. The van der Waals surface area contributed by atoms with Gasteiger partial charge in [-0.2, -0.15) is 10.4 Å². The van der Waals surface area contributed by atoms with Crippen LogP contribution in [0.1, 0.15) is 27.2 Å². The molecule has 34 heavy (non-hydrogen) atoms. The van der Waals surface area contributed by atoms with Gasteiger partial charge in [0.2, 0.25) is 0 Å². The van der Waals surface area contributed by atoms with Crippen molar-refractivity contribution < 1.29 is 18.9 Å². The van der Waals surface area contributed by atoms with Crippen LogP contribution < -0.4 is 10.2 Å². The van der Waals surface area contributed by atoms with Gasteiger partial charge in [0.25, 0.3) is 5.69 Å². The molecule has 9 nitrogen and oxygen atoms in total. The molecule has 0 unspecified atom stereocenters. The van der Waals surface area contributed by atoms with Crippen molar-refractivity contribution in [1.82, 2.24) is 5.43 Å². The Morgan fingerprint density at radius 1 is 1.21 bits per heavy atom. The van der Waals surface area contributed by atoms with E-state index in [9.17, 15) is 20.2 Å². The summed E-state index contributed by atoms with van der Waals surface area (Å²) in [5.74, 6) is 0.0652. The van der Waals surface area contributed by atoms with Gasteiger partial charge in [-0.15, -0.1) is 0 Å². The third-order valence-corrected chi connectivity index (χ3v) is 5.63. The Morgan fingerprint density at radius 3 is 2.79 bits per heavy atom. The summed E-state index contributed by atoms with van der Waals surface area (Å²) >= 11 is 2.13. The Hall–Kier alpha value is -4.24. The molecule has 4 aromatic rings. The Balaban J connectivity index is 1.38. The molecule has 0 fully saturated rings. The summed E-state index contributed by atoms with van der Waals surface area (Å²) in [6.07, 6.45) is 1.47. The van der Waals surface area contributed by atoms with Gasteiger partial charge in [0.1, 0.15) is 17.9 Å². The van der Waals surface area contributed by atoms with Gasteiger partial charge in [-0.05, 0) is 64.6 Å². The highest BCUT2D eigenvalue weighted by atomic mass is 127. The Morgan fingerprint density at radius 2 is 2.03 bits per heavy atom. The first-order valence-electron chi connectivity index (χ1n) is 9.86. The van der Waals surface area contributed by atoms with Gasteiger partial charge in [-0.3, -0.25) is 14.9 Å². The van der Waals surface area contributed by atoms with Crippen molar-refractivity contribution in [3.05, 3.63) is 103 Å². The number of carbonyl (C=O) groups is 1. The predicted molar refractivity (Wildman–Crippen MR) is 133 cm³/mol. The number of halogens is 1. The zero-order valence-corrected chi connectivity index (χ0v) is 19.6. The summed E-state index contributed by atoms with van der Waals surface area (Å²) in [6, 6.07) is 20.3. The van der Waals surface area contributed by atoms with E-state index in [2.05, 4.69) is 39.2 Å². The maximum Gasteiger partial charge on any atom is 0.307 e. The maximum absolute atomic E-state index is 12.3. The second-order valence-corrected chi connectivity index (χ2v) is 8.20. The van der Waals surface area contributed by atoms with E-state index in [0.29, 0.717) is 22.3 Å². The van der Waals surface area contributed by atoms with Gasteiger partial charge >= 0.3 is 5.91 Å². The zero-order valence-electron chi connectivity index (χ0n) is 17.4. The summed E-state index contributed by atoms with van der Waals surface area (Å²) in [5.41, 5.74) is 4.75. The van der Waals surface area contributed by atoms with Gasteiger partial charge in [0.15, 0.2) is 5.76 Å². The number of nitro benzene ring substituents is 1. The number of carbonyl (C=O) groups excluding carboxylic acids is 1. The van der Waals surface area contributed by atoms with Crippen molar-refractivity contribution in [2.75, 3.05) is 0 Å². The fraction of sp³-hybridized carbons (Fsp3) is 0.0417. The smallest absolute Gasteiger partial charge is 0.307 e. The largest absolute Gasteiger partial charge is 0.488 e. The number of hydrogen-bond acceptors (Lipinski definition) is 7. The number of furan rings is 1. The van der Waals surface area contributed by atoms with Crippen LogP contribution in [0.3, 0.4) is 0 Å². The summed E-state index contributed by atoms with van der Waals surface area (Å²) in [5, 5.41) is 24.5. The van der Waals surface area contributed by atoms with Gasteiger partial charge in [0, 0.05) is 23.1 Å². The van der Waals surface area contributed by atoms with Crippen LogP contribution in [0.15, 0.2) is 76.2 Å². The molecule has 168 valence electrons. The Labute approximate surface area is 206 Å². The van der Waals surface area contributed by atoms with Crippen LogP contribution in [0.4, 0.5) is 5.69 Å². The molecule has 0 aliphatic heterocycles. The zero-order chi connectivity index (χ0) is 24.1. The molecule has 0 saturated heterocycles. The molecule has 0 saturated carbocycles. The molecule has 0 bridgehead atoms. The van der Waals surface area contributed by atoms with Crippen LogP contribution in [0.5, 0.6) is 5.75 Å². The molecule has 0 atom stereocenters. The van der Waals surface area contributed by atoms with Crippen molar-refractivity contribution in [1.29, 1.82) is 5.26 Å². The first kappa shape index (κ1) is 22.9. The van der Waals surface area contributed by atoms with Crippen LogP contribution in [0.25, 0.3) is 11.0 Å². The van der Waals surface area contributed by atoms with E-state index in [4.69, 9.17) is 9.15 Å². The quantitative estimate of drug-likeness (QED) is 0.142. The average molecular weight is 566 g/mol. The monoisotopic (exact) mass is 566 g/mol. The molecule has 1 N–H and O–H groups in total. The van der Waals surface area contributed by atoms with Crippen molar-refractivity contribution >= 4 is 51.4 Å². The standard InChI is InChI=1S/C24H15IN4O5/c25-20-9-15(5-7-22(20)33-14-17-4-2-1-3-16(17)12-26)13-27-28-24(30)23-11-18-10-19(29(31)32)6-8-21(18)34-23/h1-11,13H,14H2,(H,28,30)/b27-13-. The predicted octanol–water partition coefficient (Wildman–Crippen LogP) is 5.16. The highest BCUT2D eigenvalue weighted by Crippen LogP contribution is 2.25. The number of benzene rings is 3. The van der Waals surface area contributed by atoms with E-state index >= 15 is 0 Å². The van der Waals surface area contributed by atoms with Gasteiger partial charge < -0.3 is 9.15 Å². The first-order chi connectivity index (χ1) is 16.4. The van der Waals surface area contributed by atoms with Crippen molar-refractivity contribution in [3.8, 4) is 11.8 Å². The number of amides is 1. The molecule has 1 aromatic heterocycles. The van der Waals surface area contributed by atoms with Crippen LogP contribution in [0.2, 0.25) is 0 Å². The first-order valence-corrected chi connectivity index (χ1v) is 10.9. The van der Waals surface area contributed by atoms with E-state index in [-0.39, 0.29) is 18.1 Å². The molecular weight excluding hydrogens is 551 g/mol. The van der Waals surface area contributed by atoms with Crippen LogP contribution in [0, 0.1) is 25.0 Å². The third-order valence-electron chi connectivity index (χ3n) is 4.79. The lowest BCUT2D eigenvalue weighted by molar-refractivity contribution is -0.384. The second kappa shape index (κ2) is 10.1. The topological polar surface area (TPSA) is 131 Å². The summed E-state index contributed by atoms with van der Waals surface area (Å²) in [4.78, 5) is 22.7.